The highest BCUT2D eigenvalue weighted by Crippen LogP contribution is 2.50. The molecule has 2 heterocycles. The number of nitrogens with one attached hydrogen (secondary N) is 2. The summed E-state index contributed by atoms with van der Waals surface area (Å²) in [6, 6.07) is 18.0. The zero-order valence-corrected chi connectivity index (χ0v) is 12.8. The molecular weight excluding hydrogens is 288 g/mol. The fourth-order valence-corrected chi connectivity index (χ4v) is 4.02. The molecule has 1 spiro atoms. The normalized spacial score (nSPS) is 29.0. The number of hydrogen-bond donors (Lipinski definition) is 3. The Bertz CT molecular complexity index is 731. The molecule has 23 heavy (non-hydrogen) atoms. The maximum atomic E-state index is 12.9. The van der Waals surface area contributed by atoms with E-state index in [9.17, 15) is 9.90 Å². The second-order valence-electron chi connectivity index (χ2n) is 6.54. The van der Waals surface area contributed by atoms with Gasteiger partial charge in [0.1, 0.15) is 0 Å². The maximum Gasteiger partial charge on any atom is 0.229 e. The van der Waals surface area contributed by atoms with E-state index in [-0.39, 0.29) is 24.6 Å². The summed E-state index contributed by atoms with van der Waals surface area (Å²) in [5, 5.41) is 16.1. The first kappa shape index (κ1) is 14.3. The molecule has 0 radical (unpaired) electrons. The summed E-state index contributed by atoms with van der Waals surface area (Å²) in [7, 11) is 0. The van der Waals surface area contributed by atoms with Gasteiger partial charge < -0.3 is 15.7 Å². The van der Waals surface area contributed by atoms with Crippen LogP contribution in [0.25, 0.3) is 0 Å². The van der Waals surface area contributed by atoms with E-state index in [1.54, 1.807) is 0 Å². The zero-order chi connectivity index (χ0) is 15.9. The number of rotatable bonds is 2. The average Bonchev–Trinajstić information content (AvgIpc) is 2.91. The van der Waals surface area contributed by atoms with Gasteiger partial charge in [0.25, 0.3) is 0 Å². The van der Waals surface area contributed by atoms with Crippen LogP contribution in [0.2, 0.25) is 0 Å². The lowest BCUT2D eigenvalue weighted by atomic mass is 9.68. The van der Waals surface area contributed by atoms with Gasteiger partial charge in [-0.3, -0.25) is 4.79 Å². The number of aliphatic hydroxyl groups excluding tert-OH is 1. The van der Waals surface area contributed by atoms with Gasteiger partial charge in [-0.25, -0.2) is 0 Å². The Kier molecular flexibility index (Phi) is 3.34. The molecule has 1 saturated heterocycles. The first-order valence-corrected chi connectivity index (χ1v) is 8.04. The fraction of sp³-hybridized carbons (Fsp3) is 0.316. The number of carbonyl (C=O) groups is 1. The van der Waals surface area contributed by atoms with Crippen LogP contribution in [0.4, 0.5) is 5.69 Å². The van der Waals surface area contributed by atoms with Gasteiger partial charge in [-0.15, -0.1) is 0 Å². The van der Waals surface area contributed by atoms with Gasteiger partial charge in [0.05, 0.1) is 24.1 Å². The lowest BCUT2D eigenvalue weighted by molar-refractivity contribution is -0.128. The van der Waals surface area contributed by atoms with Crippen LogP contribution in [0.3, 0.4) is 0 Å². The largest absolute Gasteiger partial charge is 0.394 e. The summed E-state index contributed by atoms with van der Waals surface area (Å²) in [4.78, 5) is 12.9. The van der Waals surface area contributed by atoms with Gasteiger partial charge in [0.2, 0.25) is 5.91 Å². The Morgan fingerprint density at radius 1 is 1.04 bits per heavy atom. The third kappa shape index (κ3) is 2.21. The topological polar surface area (TPSA) is 61.4 Å². The van der Waals surface area contributed by atoms with Crippen molar-refractivity contribution in [3.8, 4) is 0 Å². The zero-order valence-electron chi connectivity index (χ0n) is 12.8. The fourth-order valence-electron chi connectivity index (χ4n) is 4.02. The van der Waals surface area contributed by atoms with Crippen molar-refractivity contribution in [3.63, 3.8) is 0 Å². The summed E-state index contributed by atoms with van der Waals surface area (Å²) in [6.45, 7) is -0.0172. The van der Waals surface area contributed by atoms with Crippen molar-refractivity contribution in [1.29, 1.82) is 0 Å². The van der Waals surface area contributed by atoms with E-state index in [4.69, 9.17) is 0 Å². The predicted octanol–water partition coefficient (Wildman–Crippen LogP) is 2.26. The molecule has 3 N–H and O–H groups in total. The minimum absolute atomic E-state index is 0.0172. The molecular formula is C19H20N2O2. The van der Waals surface area contributed by atoms with Gasteiger partial charge in [-0.05, 0) is 30.0 Å². The number of benzene rings is 2. The molecule has 0 aromatic heterocycles. The van der Waals surface area contributed by atoms with E-state index in [2.05, 4.69) is 34.9 Å². The first-order chi connectivity index (χ1) is 11.2. The molecule has 2 aliphatic rings. The van der Waals surface area contributed by atoms with Crippen LogP contribution in [-0.4, -0.2) is 23.7 Å². The maximum absolute atomic E-state index is 12.9. The van der Waals surface area contributed by atoms with Crippen LogP contribution in [0.1, 0.15) is 23.6 Å². The van der Waals surface area contributed by atoms with Crippen molar-refractivity contribution in [2.45, 2.75) is 24.9 Å². The van der Waals surface area contributed by atoms with Crippen molar-refractivity contribution >= 4 is 11.6 Å². The molecule has 0 aliphatic carbocycles. The number of aliphatic hydroxyl groups is 1. The second-order valence-corrected chi connectivity index (χ2v) is 6.54. The smallest absolute Gasteiger partial charge is 0.229 e. The minimum atomic E-state index is -0.552. The van der Waals surface area contributed by atoms with Gasteiger partial charge in [-0.1, -0.05) is 48.5 Å². The monoisotopic (exact) mass is 308 g/mol. The van der Waals surface area contributed by atoms with Gasteiger partial charge in [0.15, 0.2) is 0 Å². The molecule has 1 fully saturated rings. The third-order valence-electron chi connectivity index (χ3n) is 5.13. The summed E-state index contributed by atoms with van der Waals surface area (Å²) < 4.78 is 0. The van der Waals surface area contributed by atoms with Crippen molar-refractivity contribution in [2.75, 3.05) is 11.9 Å². The van der Waals surface area contributed by atoms with E-state index in [0.29, 0.717) is 12.8 Å². The standard InChI is InChI=1S/C19H20N2O2/c22-12-15-11-19(18(23)20-15)10-14-8-4-5-9-16(14)21-17(19)13-6-2-1-3-7-13/h1-9,15,17,21-22H,10-12H2,(H,20,23)/t15-,17?,19-/m1/s1. The number of carbonyl (C=O) groups excluding carboxylic acids is 1. The van der Waals surface area contributed by atoms with E-state index in [0.717, 1.165) is 16.8 Å². The summed E-state index contributed by atoms with van der Waals surface area (Å²) in [6.07, 6.45) is 1.33. The highest BCUT2D eigenvalue weighted by molar-refractivity contribution is 5.88. The van der Waals surface area contributed by atoms with Crippen molar-refractivity contribution in [2.24, 2.45) is 5.41 Å². The van der Waals surface area contributed by atoms with Crippen LogP contribution in [0.5, 0.6) is 0 Å². The lowest BCUT2D eigenvalue weighted by Crippen LogP contribution is -2.44. The number of fused-ring (bicyclic) bond motifs is 1. The quantitative estimate of drug-likeness (QED) is 0.797. The van der Waals surface area contributed by atoms with E-state index < -0.39 is 5.41 Å². The van der Waals surface area contributed by atoms with Crippen molar-refractivity contribution in [1.82, 2.24) is 5.32 Å². The Morgan fingerprint density at radius 2 is 1.78 bits per heavy atom. The first-order valence-electron chi connectivity index (χ1n) is 8.04. The third-order valence-corrected chi connectivity index (χ3v) is 5.13. The Hall–Kier alpha value is -2.33. The van der Waals surface area contributed by atoms with Gasteiger partial charge >= 0.3 is 0 Å². The number of amides is 1. The molecule has 4 nitrogen and oxygen atoms in total. The van der Waals surface area contributed by atoms with E-state index in [1.807, 2.05) is 30.3 Å². The molecule has 118 valence electrons. The van der Waals surface area contributed by atoms with Crippen LogP contribution < -0.4 is 10.6 Å². The van der Waals surface area contributed by atoms with Crippen molar-refractivity contribution in [3.05, 3.63) is 65.7 Å². The molecule has 2 aliphatic heterocycles. The lowest BCUT2D eigenvalue weighted by Gasteiger charge is -2.41. The highest BCUT2D eigenvalue weighted by Gasteiger charge is 2.54. The predicted molar refractivity (Wildman–Crippen MR) is 89.0 cm³/mol. The van der Waals surface area contributed by atoms with Crippen LogP contribution >= 0.6 is 0 Å². The number of hydrogen-bond acceptors (Lipinski definition) is 3. The summed E-state index contributed by atoms with van der Waals surface area (Å²) in [5.41, 5.74) is 2.81. The Labute approximate surface area is 135 Å². The SMILES string of the molecule is O=C1N[C@@H](CO)C[C@@]12Cc1ccccc1NC2c1ccccc1. The molecule has 1 amide bonds. The van der Waals surface area contributed by atoms with Crippen LogP contribution in [0, 0.1) is 5.41 Å². The Morgan fingerprint density at radius 3 is 2.52 bits per heavy atom. The Balaban J connectivity index is 1.83. The molecule has 4 heteroatoms. The molecule has 2 aromatic rings. The molecule has 0 bridgehead atoms. The molecule has 0 saturated carbocycles. The molecule has 1 unspecified atom stereocenters. The van der Waals surface area contributed by atoms with Gasteiger partial charge in [0, 0.05) is 5.69 Å². The molecule has 2 aromatic carbocycles. The molecule has 4 rings (SSSR count). The minimum Gasteiger partial charge on any atom is -0.394 e. The van der Waals surface area contributed by atoms with Crippen LogP contribution in [-0.2, 0) is 11.2 Å². The highest BCUT2D eigenvalue weighted by atomic mass is 16.3. The van der Waals surface area contributed by atoms with Crippen LogP contribution in [0.15, 0.2) is 54.6 Å². The average molecular weight is 308 g/mol. The summed E-state index contributed by atoms with van der Waals surface area (Å²) >= 11 is 0. The van der Waals surface area contributed by atoms with E-state index >= 15 is 0 Å². The number of anilines is 1. The van der Waals surface area contributed by atoms with E-state index in [1.165, 1.54) is 0 Å². The van der Waals surface area contributed by atoms with Gasteiger partial charge in [-0.2, -0.15) is 0 Å². The van der Waals surface area contributed by atoms with Crippen molar-refractivity contribution < 1.29 is 9.90 Å². The second kappa shape index (κ2) is 5.39. The summed E-state index contributed by atoms with van der Waals surface area (Å²) in [5.74, 6) is 0.0346. The number of para-hydroxylation sites is 1. The molecule has 3 atom stereocenters.